The monoisotopic (exact) mass is 326 g/mol. The highest BCUT2D eigenvalue weighted by Gasteiger charge is 2.20. The van der Waals surface area contributed by atoms with E-state index in [4.69, 9.17) is 0 Å². The number of carbonyl (C=O) groups is 1. The van der Waals surface area contributed by atoms with Gasteiger partial charge in [0.15, 0.2) is 5.56 Å². The summed E-state index contributed by atoms with van der Waals surface area (Å²) in [5.41, 5.74) is 2.82. The van der Waals surface area contributed by atoms with Crippen molar-refractivity contribution in [2.75, 3.05) is 7.11 Å². The summed E-state index contributed by atoms with van der Waals surface area (Å²) in [7, 11) is 1.18. The number of hydrogen-bond donors (Lipinski definition) is 1. The number of benzene rings is 2. The van der Waals surface area contributed by atoms with Gasteiger partial charge in [-0.15, -0.1) is 0 Å². The van der Waals surface area contributed by atoms with E-state index in [2.05, 4.69) is 4.74 Å². The molecule has 0 saturated carbocycles. The van der Waals surface area contributed by atoms with Gasteiger partial charge in [-0.2, -0.15) is 0 Å². The average Bonchev–Trinajstić information content (AvgIpc) is 2.54. The Morgan fingerprint density at radius 2 is 1.74 bits per heavy atom. The number of aryl methyl sites for hydroxylation is 1. The van der Waals surface area contributed by atoms with Crippen molar-refractivity contribution in [2.45, 2.75) is 6.92 Å². The first kappa shape index (κ1) is 15.2. The number of fused-ring (bicyclic) bond motifs is 1. The van der Waals surface area contributed by atoms with Crippen molar-refractivity contribution < 1.29 is 14.6 Å². The molecule has 1 N–H and O–H groups in total. The Balaban J connectivity index is 2.20. The number of aromatic hydroxyl groups is 1. The van der Waals surface area contributed by atoms with Crippen LogP contribution in [-0.4, -0.2) is 18.2 Å². The van der Waals surface area contributed by atoms with Crippen LogP contribution >= 0.6 is 11.3 Å². The van der Waals surface area contributed by atoms with Gasteiger partial charge in [-0.1, -0.05) is 47.2 Å². The van der Waals surface area contributed by atoms with Gasteiger partial charge in [0, 0.05) is 10.1 Å². The molecule has 0 aliphatic carbocycles. The summed E-state index contributed by atoms with van der Waals surface area (Å²) in [6, 6.07) is 13.4. The summed E-state index contributed by atoms with van der Waals surface area (Å²) >= 11 is 0.922. The number of ether oxygens (including phenoxy) is 1. The zero-order chi connectivity index (χ0) is 16.6. The van der Waals surface area contributed by atoms with E-state index in [1.54, 1.807) is 6.07 Å². The van der Waals surface area contributed by atoms with Crippen molar-refractivity contribution in [3.63, 3.8) is 0 Å². The Labute approximate surface area is 136 Å². The maximum atomic E-state index is 12.1. The SMILES string of the molecule is COC(=O)c1c(O)c2ccc(-c3ccc(C)cc3)cc2sc1=O. The smallest absolute Gasteiger partial charge is 0.346 e. The van der Waals surface area contributed by atoms with E-state index in [1.807, 2.05) is 43.3 Å². The van der Waals surface area contributed by atoms with Gasteiger partial charge in [-0.3, -0.25) is 4.79 Å². The first-order chi connectivity index (χ1) is 11.0. The molecule has 2 aromatic carbocycles. The fourth-order valence-corrected chi connectivity index (χ4v) is 3.33. The van der Waals surface area contributed by atoms with Crippen LogP contribution in [0.3, 0.4) is 0 Å². The van der Waals surface area contributed by atoms with Crippen LogP contribution in [0.1, 0.15) is 15.9 Å². The summed E-state index contributed by atoms with van der Waals surface area (Å²) in [5, 5.41) is 10.7. The van der Waals surface area contributed by atoms with E-state index in [1.165, 1.54) is 12.7 Å². The highest BCUT2D eigenvalue weighted by atomic mass is 32.1. The molecule has 3 rings (SSSR count). The van der Waals surface area contributed by atoms with Gasteiger partial charge >= 0.3 is 5.97 Å². The summed E-state index contributed by atoms with van der Waals surface area (Å²) in [4.78, 5) is 23.7. The molecule has 1 heterocycles. The highest BCUT2D eigenvalue weighted by Crippen LogP contribution is 2.32. The molecule has 4 nitrogen and oxygen atoms in total. The zero-order valence-corrected chi connectivity index (χ0v) is 13.4. The lowest BCUT2D eigenvalue weighted by Gasteiger charge is -2.07. The average molecular weight is 326 g/mol. The molecule has 0 radical (unpaired) electrons. The molecule has 0 unspecified atom stereocenters. The van der Waals surface area contributed by atoms with E-state index in [-0.39, 0.29) is 11.3 Å². The van der Waals surface area contributed by atoms with Crippen LogP contribution in [0.15, 0.2) is 47.3 Å². The minimum atomic E-state index is -0.826. The van der Waals surface area contributed by atoms with E-state index in [9.17, 15) is 14.7 Å². The van der Waals surface area contributed by atoms with Crippen LogP contribution in [-0.2, 0) is 4.74 Å². The number of hydrogen-bond acceptors (Lipinski definition) is 5. The van der Waals surface area contributed by atoms with E-state index in [0.29, 0.717) is 10.1 Å². The van der Waals surface area contributed by atoms with E-state index < -0.39 is 10.7 Å². The molecular weight excluding hydrogens is 312 g/mol. The quantitative estimate of drug-likeness (QED) is 0.729. The van der Waals surface area contributed by atoms with E-state index in [0.717, 1.165) is 22.5 Å². The predicted molar refractivity (Wildman–Crippen MR) is 91.3 cm³/mol. The van der Waals surface area contributed by atoms with Crippen LogP contribution in [0.25, 0.3) is 21.2 Å². The maximum Gasteiger partial charge on any atom is 0.346 e. The molecule has 0 atom stereocenters. The summed E-state index contributed by atoms with van der Waals surface area (Å²) < 4.78 is 4.67. The van der Waals surface area contributed by atoms with Crippen molar-refractivity contribution >= 4 is 27.4 Å². The minimum Gasteiger partial charge on any atom is -0.506 e. The second-order valence-corrected chi connectivity index (χ2v) is 6.20. The third-order valence-electron chi connectivity index (χ3n) is 3.65. The third kappa shape index (κ3) is 2.71. The summed E-state index contributed by atoms with van der Waals surface area (Å²) in [5.74, 6) is -1.15. The Morgan fingerprint density at radius 3 is 2.39 bits per heavy atom. The molecular formula is C18H14O4S. The van der Waals surface area contributed by atoms with Crippen molar-refractivity contribution in [3.05, 3.63) is 63.1 Å². The van der Waals surface area contributed by atoms with Gasteiger partial charge in [0.05, 0.1) is 7.11 Å². The highest BCUT2D eigenvalue weighted by molar-refractivity contribution is 7.16. The normalized spacial score (nSPS) is 10.7. The second kappa shape index (κ2) is 5.85. The Kier molecular flexibility index (Phi) is 3.88. The van der Waals surface area contributed by atoms with Gasteiger partial charge in [-0.25, -0.2) is 4.79 Å². The lowest BCUT2D eigenvalue weighted by molar-refractivity contribution is 0.0597. The summed E-state index contributed by atoms with van der Waals surface area (Å²) in [6.07, 6.45) is 0. The molecule has 0 saturated heterocycles. The van der Waals surface area contributed by atoms with Crippen molar-refractivity contribution in [1.82, 2.24) is 0 Å². The molecule has 0 aliphatic heterocycles. The molecule has 5 heteroatoms. The first-order valence-corrected chi connectivity index (χ1v) is 7.78. The second-order valence-electron chi connectivity index (χ2n) is 5.18. The predicted octanol–water partition coefficient (Wildman–Crippen LogP) is 3.73. The van der Waals surface area contributed by atoms with E-state index >= 15 is 0 Å². The minimum absolute atomic E-state index is 0.312. The Bertz CT molecular complexity index is 955. The fourth-order valence-electron chi connectivity index (χ4n) is 2.39. The number of methoxy groups -OCH3 is 1. The van der Waals surface area contributed by atoms with Gasteiger partial charge < -0.3 is 9.84 Å². The molecule has 0 fully saturated rings. The van der Waals surface area contributed by atoms with Crippen LogP contribution in [0, 0.1) is 6.92 Å². The number of esters is 1. The standard InChI is InChI=1S/C18H14O4S/c1-10-3-5-11(6-4-10)12-7-8-13-14(9-12)23-18(21)15(16(13)19)17(20)22-2/h3-9,19H,1-2H3. The Hall–Kier alpha value is -2.66. The van der Waals surface area contributed by atoms with Crippen molar-refractivity contribution in [3.8, 4) is 16.9 Å². The number of rotatable bonds is 2. The Morgan fingerprint density at radius 1 is 1.09 bits per heavy atom. The van der Waals surface area contributed by atoms with Crippen LogP contribution in [0.5, 0.6) is 5.75 Å². The fraction of sp³-hybridized carbons (Fsp3) is 0.111. The van der Waals surface area contributed by atoms with Gasteiger partial charge in [0.2, 0.25) is 0 Å². The zero-order valence-electron chi connectivity index (χ0n) is 12.6. The van der Waals surface area contributed by atoms with Gasteiger partial charge in [0.25, 0.3) is 4.74 Å². The van der Waals surface area contributed by atoms with Crippen LogP contribution in [0.2, 0.25) is 0 Å². The molecule has 116 valence electrons. The molecule has 3 aromatic rings. The molecule has 0 aliphatic rings. The summed E-state index contributed by atoms with van der Waals surface area (Å²) in [6.45, 7) is 2.02. The maximum absolute atomic E-state index is 12.1. The third-order valence-corrected chi connectivity index (χ3v) is 4.60. The van der Waals surface area contributed by atoms with Crippen molar-refractivity contribution in [2.24, 2.45) is 0 Å². The molecule has 0 spiro atoms. The van der Waals surface area contributed by atoms with Crippen LogP contribution in [0.4, 0.5) is 0 Å². The molecule has 0 amide bonds. The largest absolute Gasteiger partial charge is 0.506 e. The molecule has 1 aromatic heterocycles. The first-order valence-electron chi connectivity index (χ1n) is 6.96. The number of carbonyl (C=O) groups excluding carboxylic acids is 1. The van der Waals surface area contributed by atoms with Gasteiger partial charge in [0.1, 0.15) is 5.75 Å². The molecule has 23 heavy (non-hydrogen) atoms. The topological polar surface area (TPSA) is 63.6 Å². The van der Waals surface area contributed by atoms with Crippen molar-refractivity contribution in [1.29, 1.82) is 0 Å². The molecule has 0 bridgehead atoms. The lowest BCUT2D eigenvalue weighted by atomic mass is 10.0. The van der Waals surface area contributed by atoms with Crippen LogP contribution < -0.4 is 4.74 Å². The lowest BCUT2D eigenvalue weighted by Crippen LogP contribution is -2.13. The van der Waals surface area contributed by atoms with Gasteiger partial charge in [-0.05, 0) is 30.2 Å².